The number of hydrogen-bond donors (Lipinski definition) is 1. The summed E-state index contributed by atoms with van der Waals surface area (Å²) < 4.78 is 30.2. The molecule has 130 valence electrons. The molecule has 0 aliphatic heterocycles. The van der Waals surface area contributed by atoms with Gasteiger partial charge < -0.3 is 4.74 Å². The molecule has 2 heterocycles. The van der Waals surface area contributed by atoms with Crippen molar-refractivity contribution in [2.75, 3.05) is 5.32 Å². The maximum absolute atomic E-state index is 12.2. The Morgan fingerprint density at radius 3 is 2.64 bits per heavy atom. The Morgan fingerprint density at radius 1 is 1.32 bits per heavy atom. The summed E-state index contributed by atoms with van der Waals surface area (Å²) in [6, 6.07) is 7.82. The fourth-order valence-corrected chi connectivity index (χ4v) is 2.82. The zero-order valence-corrected chi connectivity index (χ0v) is 14.2. The van der Waals surface area contributed by atoms with Crippen LogP contribution >= 0.6 is 11.3 Å². The summed E-state index contributed by atoms with van der Waals surface area (Å²) in [7, 11) is 1.76. The molecule has 25 heavy (non-hydrogen) atoms. The summed E-state index contributed by atoms with van der Waals surface area (Å²) in [6.07, 6.45) is 0. The number of nitrogens with one attached hydrogen (secondary N) is 1. The number of amides is 1. The van der Waals surface area contributed by atoms with Crippen LogP contribution < -0.4 is 10.1 Å². The molecule has 3 aromatic rings. The largest absolute Gasteiger partial charge is 0.435 e. The van der Waals surface area contributed by atoms with E-state index < -0.39 is 6.61 Å². The van der Waals surface area contributed by atoms with Gasteiger partial charge in [0.25, 0.3) is 5.91 Å². The quantitative estimate of drug-likeness (QED) is 0.749. The molecule has 0 saturated carbocycles. The number of aromatic nitrogens is 3. The van der Waals surface area contributed by atoms with Gasteiger partial charge in [-0.2, -0.15) is 13.9 Å². The first kappa shape index (κ1) is 17.0. The van der Waals surface area contributed by atoms with Crippen LogP contribution in [-0.4, -0.2) is 27.3 Å². The van der Waals surface area contributed by atoms with E-state index in [4.69, 9.17) is 0 Å². The number of anilines is 1. The van der Waals surface area contributed by atoms with Gasteiger partial charge in [0.1, 0.15) is 5.75 Å². The molecule has 0 spiro atoms. The van der Waals surface area contributed by atoms with E-state index in [1.165, 1.54) is 23.5 Å². The minimum absolute atomic E-state index is 0.0769. The highest BCUT2D eigenvalue weighted by atomic mass is 32.1. The van der Waals surface area contributed by atoms with Crippen molar-refractivity contribution in [3.8, 4) is 17.0 Å². The van der Waals surface area contributed by atoms with Crippen molar-refractivity contribution in [1.82, 2.24) is 14.8 Å². The average molecular weight is 364 g/mol. The Kier molecular flexibility index (Phi) is 4.75. The number of benzene rings is 1. The van der Waals surface area contributed by atoms with E-state index in [1.807, 2.05) is 6.92 Å². The number of halogens is 2. The van der Waals surface area contributed by atoms with E-state index in [0.717, 1.165) is 11.3 Å². The van der Waals surface area contributed by atoms with Gasteiger partial charge in [0.2, 0.25) is 0 Å². The van der Waals surface area contributed by atoms with Crippen LogP contribution in [0.2, 0.25) is 0 Å². The van der Waals surface area contributed by atoms with E-state index in [2.05, 4.69) is 20.1 Å². The van der Waals surface area contributed by atoms with Crippen molar-refractivity contribution < 1.29 is 18.3 Å². The fourth-order valence-electron chi connectivity index (χ4n) is 2.10. The number of rotatable bonds is 5. The van der Waals surface area contributed by atoms with Gasteiger partial charge in [0.05, 0.1) is 5.69 Å². The third-order valence-electron chi connectivity index (χ3n) is 3.45. The van der Waals surface area contributed by atoms with Crippen LogP contribution in [0, 0.1) is 6.92 Å². The zero-order chi connectivity index (χ0) is 18.0. The second kappa shape index (κ2) is 6.98. The van der Waals surface area contributed by atoms with Gasteiger partial charge in [-0.05, 0) is 37.3 Å². The molecule has 0 unspecified atom stereocenters. The SMILES string of the molecule is Cc1cc(C(=O)Nc2nc(-c3ccc(OC(F)F)cc3)cs2)nn1C. The molecule has 0 fully saturated rings. The Balaban J connectivity index is 1.70. The molecule has 0 aliphatic rings. The second-order valence-electron chi connectivity index (χ2n) is 5.19. The number of ether oxygens (including phenoxy) is 1. The summed E-state index contributed by atoms with van der Waals surface area (Å²) in [5, 5.41) is 9.00. The van der Waals surface area contributed by atoms with E-state index >= 15 is 0 Å². The maximum atomic E-state index is 12.2. The number of hydrogen-bond acceptors (Lipinski definition) is 5. The summed E-state index contributed by atoms with van der Waals surface area (Å²) >= 11 is 1.26. The number of thiazole rings is 1. The third-order valence-corrected chi connectivity index (χ3v) is 4.20. The fraction of sp³-hybridized carbons (Fsp3) is 0.188. The molecule has 0 atom stereocenters. The predicted molar refractivity (Wildman–Crippen MR) is 90.1 cm³/mol. The lowest BCUT2D eigenvalue weighted by Crippen LogP contribution is -2.12. The number of carbonyl (C=O) groups is 1. The van der Waals surface area contributed by atoms with Crippen molar-refractivity contribution in [1.29, 1.82) is 0 Å². The Bertz CT molecular complexity index is 870. The lowest BCUT2D eigenvalue weighted by Gasteiger charge is -2.04. The summed E-state index contributed by atoms with van der Waals surface area (Å²) in [6.45, 7) is -1.01. The lowest BCUT2D eigenvalue weighted by molar-refractivity contribution is -0.0498. The van der Waals surface area contributed by atoms with E-state index in [0.29, 0.717) is 16.5 Å². The van der Waals surface area contributed by atoms with Crippen LogP contribution in [0.4, 0.5) is 13.9 Å². The number of aryl methyl sites for hydroxylation is 2. The van der Waals surface area contributed by atoms with Crippen molar-refractivity contribution in [2.45, 2.75) is 13.5 Å². The third kappa shape index (κ3) is 4.00. The highest BCUT2D eigenvalue weighted by molar-refractivity contribution is 7.14. The molecule has 6 nitrogen and oxygen atoms in total. The first-order valence-electron chi connectivity index (χ1n) is 7.25. The molecule has 0 bridgehead atoms. The van der Waals surface area contributed by atoms with Gasteiger partial charge >= 0.3 is 6.61 Å². The Morgan fingerprint density at radius 2 is 2.04 bits per heavy atom. The number of carbonyl (C=O) groups excluding carboxylic acids is 1. The minimum atomic E-state index is -2.86. The van der Waals surface area contributed by atoms with Crippen molar-refractivity contribution in [3.63, 3.8) is 0 Å². The normalized spacial score (nSPS) is 10.9. The van der Waals surface area contributed by atoms with Crippen LogP contribution in [0.3, 0.4) is 0 Å². The van der Waals surface area contributed by atoms with Crippen LogP contribution in [-0.2, 0) is 7.05 Å². The lowest BCUT2D eigenvalue weighted by atomic mass is 10.2. The standard InChI is InChI=1S/C16H14F2N4O2S/c1-9-7-12(21-22(9)2)14(23)20-16-19-13(8-25-16)10-3-5-11(6-4-10)24-15(17)18/h3-8,15H,1-2H3,(H,19,20,23). The molecular weight excluding hydrogens is 350 g/mol. The molecule has 0 radical (unpaired) electrons. The molecule has 1 N–H and O–H groups in total. The summed E-state index contributed by atoms with van der Waals surface area (Å²) in [4.78, 5) is 16.5. The first-order valence-corrected chi connectivity index (χ1v) is 8.13. The maximum Gasteiger partial charge on any atom is 0.387 e. The van der Waals surface area contributed by atoms with Crippen LogP contribution in [0.15, 0.2) is 35.7 Å². The van der Waals surface area contributed by atoms with E-state index in [1.54, 1.807) is 35.3 Å². The van der Waals surface area contributed by atoms with E-state index in [-0.39, 0.29) is 11.7 Å². The van der Waals surface area contributed by atoms with Gasteiger partial charge in [-0.1, -0.05) is 0 Å². The summed E-state index contributed by atoms with van der Waals surface area (Å²) in [5.74, 6) is -0.265. The van der Waals surface area contributed by atoms with E-state index in [9.17, 15) is 13.6 Å². The van der Waals surface area contributed by atoms with Crippen molar-refractivity contribution >= 4 is 22.4 Å². The molecule has 0 aliphatic carbocycles. The first-order chi connectivity index (χ1) is 11.9. The molecular formula is C16H14F2N4O2S. The molecule has 2 aromatic heterocycles. The Labute approximate surface area is 146 Å². The topological polar surface area (TPSA) is 69.0 Å². The minimum Gasteiger partial charge on any atom is -0.435 e. The Hall–Kier alpha value is -2.81. The van der Waals surface area contributed by atoms with Crippen LogP contribution in [0.25, 0.3) is 11.3 Å². The molecule has 0 saturated heterocycles. The molecule has 3 rings (SSSR count). The van der Waals surface area contributed by atoms with Gasteiger partial charge in [0, 0.05) is 23.7 Å². The van der Waals surface area contributed by atoms with Crippen LogP contribution in [0.1, 0.15) is 16.2 Å². The second-order valence-corrected chi connectivity index (χ2v) is 6.05. The molecule has 1 aromatic carbocycles. The monoisotopic (exact) mass is 364 g/mol. The highest BCUT2D eigenvalue weighted by Gasteiger charge is 2.14. The smallest absolute Gasteiger partial charge is 0.387 e. The highest BCUT2D eigenvalue weighted by Crippen LogP contribution is 2.27. The summed E-state index contributed by atoms with van der Waals surface area (Å²) in [5.41, 5.74) is 2.54. The molecule has 9 heteroatoms. The molecule has 1 amide bonds. The van der Waals surface area contributed by atoms with Gasteiger partial charge in [-0.25, -0.2) is 4.98 Å². The van der Waals surface area contributed by atoms with Gasteiger partial charge in [-0.3, -0.25) is 14.8 Å². The van der Waals surface area contributed by atoms with Crippen LogP contribution in [0.5, 0.6) is 5.75 Å². The zero-order valence-electron chi connectivity index (χ0n) is 13.4. The average Bonchev–Trinajstić information content (AvgIpc) is 3.15. The van der Waals surface area contributed by atoms with Gasteiger partial charge in [-0.15, -0.1) is 11.3 Å². The van der Waals surface area contributed by atoms with Gasteiger partial charge in [0.15, 0.2) is 10.8 Å². The number of alkyl halides is 2. The van der Waals surface area contributed by atoms with Crippen molar-refractivity contribution in [2.24, 2.45) is 7.05 Å². The number of nitrogens with zero attached hydrogens (tertiary/aromatic N) is 3. The predicted octanol–water partition coefficient (Wildman–Crippen LogP) is 3.71. The van der Waals surface area contributed by atoms with Crippen molar-refractivity contribution in [3.05, 3.63) is 47.1 Å².